The lowest BCUT2D eigenvalue weighted by atomic mass is 10.1. The fourth-order valence-electron chi connectivity index (χ4n) is 1.04. The number of hydrogen-bond donors (Lipinski definition) is 1. The minimum absolute atomic E-state index is 0.188. The molecule has 1 aromatic rings. The van der Waals surface area contributed by atoms with E-state index in [9.17, 15) is 0 Å². The van der Waals surface area contributed by atoms with Gasteiger partial charge in [-0.2, -0.15) is 0 Å². The van der Waals surface area contributed by atoms with Gasteiger partial charge in [-0.25, -0.2) is 0 Å². The molecule has 1 rings (SSSR count). The summed E-state index contributed by atoms with van der Waals surface area (Å²) in [5.41, 5.74) is 0. The third-order valence-electron chi connectivity index (χ3n) is 2.13. The summed E-state index contributed by atoms with van der Waals surface area (Å²) >= 11 is 3.36. The second-order valence-electron chi connectivity index (χ2n) is 3.22. The van der Waals surface area contributed by atoms with Gasteiger partial charge in [-0.05, 0) is 30.7 Å². The van der Waals surface area contributed by atoms with Crippen molar-refractivity contribution in [1.82, 2.24) is 0 Å². The molecule has 3 heteroatoms. The highest BCUT2D eigenvalue weighted by Gasteiger charge is 2.04. The summed E-state index contributed by atoms with van der Waals surface area (Å²) in [5, 5.41) is 8.96. The Balaban J connectivity index is 2.41. The van der Waals surface area contributed by atoms with Gasteiger partial charge in [0.05, 0.1) is 6.61 Å². The van der Waals surface area contributed by atoms with Crippen LogP contribution in [0.5, 0.6) is 5.75 Å². The van der Waals surface area contributed by atoms with Gasteiger partial charge in [-0.15, -0.1) is 0 Å². The van der Waals surface area contributed by atoms with Crippen molar-refractivity contribution in [2.45, 2.75) is 13.3 Å². The zero-order valence-corrected chi connectivity index (χ0v) is 9.83. The highest BCUT2D eigenvalue weighted by molar-refractivity contribution is 9.10. The first-order chi connectivity index (χ1) is 6.76. The predicted molar refractivity (Wildman–Crippen MR) is 60.5 cm³/mol. The van der Waals surface area contributed by atoms with Crippen molar-refractivity contribution in [2.24, 2.45) is 5.92 Å². The van der Waals surface area contributed by atoms with E-state index in [4.69, 9.17) is 9.84 Å². The fourth-order valence-corrected chi connectivity index (χ4v) is 1.31. The number of halogens is 1. The molecule has 0 heterocycles. The van der Waals surface area contributed by atoms with Crippen LogP contribution in [-0.2, 0) is 0 Å². The Morgan fingerprint density at radius 1 is 1.36 bits per heavy atom. The van der Waals surface area contributed by atoms with Gasteiger partial charge in [0.15, 0.2) is 0 Å². The molecule has 0 saturated carbocycles. The van der Waals surface area contributed by atoms with Crippen molar-refractivity contribution in [3.05, 3.63) is 28.7 Å². The lowest BCUT2D eigenvalue weighted by Crippen LogP contribution is -2.14. The summed E-state index contributed by atoms with van der Waals surface area (Å²) in [4.78, 5) is 0. The maximum Gasteiger partial charge on any atom is 0.119 e. The van der Waals surface area contributed by atoms with Crippen LogP contribution in [0.4, 0.5) is 0 Å². The van der Waals surface area contributed by atoms with Gasteiger partial charge in [0.2, 0.25) is 0 Å². The summed E-state index contributed by atoms with van der Waals surface area (Å²) in [7, 11) is 0. The van der Waals surface area contributed by atoms with Crippen LogP contribution in [0.25, 0.3) is 0 Å². The number of rotatable bonds is 5. The number of benzene rings is 1. The summed E-state index contributed by atoms with van der Waals surface area (Å²) in [6.07, 6.45) is 0.938. The summed E-state index contributed by atoms with van der Waals surface area (Å²) in [6, 6.07) is 7.70. The Bertz CT molecular complexity index is 254. The molecule has 0 fully saturated rings. The zero-order chi connectivity index (χ0) is 10.4. The highest BCUT2D eigenvalue weighted by Crippen LogP contribution is 2.17. The molecule has 14 heavy (non-hydrogen) atoms. The van der Waals surface area contributed by atoms with Crippen LogP contribution in [0.1, 0.15) is 13.3 Å². The normalized spacial score (nSPS) is 12.5. The Morgan fingerprint density at radius 2 is 2.00 bits per heavy atom. The van der Waals surface area contributed by atoms with E-state index in [2.05, 4.69) is 15.9 Å². The van der Waals surface area contributed by atoms with Gasteiger partial charge in [0.1, 0.15) is 5.75 Å². The molecule has 0 amide bonds. The number of hydrogen-bond acceptors (Lipinski definition) is 2. The third kappa shape index (κ3) is 3.68. The smallest absolute Gasteiger partial charge is 0.119 e. The van der Waals surface area contributed by atoms with E-state index in [0.717, 1.165) is 16.6 Å². The second-order valence-corrected chi connectivity index (χ2v) is 4.14. The lowest BCUT2D eigenvalue weighted by molar-refractivity contribution is 0.160. The summed E-state index contributed by atoms with van der Waals surface area (Å²) < 4.78 is 6.56. The van der Waals surface area contributed by atoms with E-state index in [0.29, 0.717) is 6.61 Å². The van der Waals surface area contributed by atoms with E-state index < -0.39 is 0 Å². The molecule has 0 bridgehead atoms. The average molecular weight is 259 g/mol. The van der Waals surface area contributed by atoms with Gasteiger partial charge in [0.25, 0.3) is 0 Å². The molecular formula is C11H15BrO2. The first kappa shape index (κ1) is 11.5. The maximum absolute atomic E-state index is 8.96. The maximum atomic E-state index is 8.96. The van der Waals surface area contributed by atoms with Gasteiger partial charge >= 0.3 is 0 Å². The molecule has 1 atom stereocenters. The molecule has 0 radical (unpaired) electrons. The monoisotopic (exact) mass is 258 g/mol. The standard InChI is InChI=1S/C11H15BrO2/c1-2-9(7-13)8-14-11-5-3-10(12)4-6-11/h3-6,9,13H,2,7-8H2,1H3. The van der Waals surface area contributed by atoms with Crippen LogP contribution >= 0.6 is 15.9 Å². The van der Waals surface area contributed by atoms with Crippen molar-refractivity contribution in [1.29, 1.82) is 0 Å². The second kappa shape index (κ2) is 6.04. The molecule has 0 aromatic heterocycles. The van der Waals surface area contributed by atoms with E-state index in [1.165, 1.54) is 0 Å². The van der Waals surface area contributed by atoms with E-state index in [-0.39, 0.29) is 12.5 Å². The van der Waals surface area contributed by atoms with Crippen LogP contribution < -0.4 is 4.74 Å². The Hall–Kier alpha value is -0.540. The Labute approximate surface area is 93.0 Å². The molecule has 78 valence electrons. The fraction of sp³-hybridized carbons (Fsp3) is 0.455. The number of aliphatic hydroxyl groups excluding tert-OH is 1. The molecule has 1 unspecified atom stereocenters. The van der Waals surface area contributed by atoms with Gasteiger partial charge in [0, 0.05) is 17.0 Å². The van der Waals surface area contributed by atoms with Crippen molar-refractivity contribution in [3.63, 3.8) is 0 Å². The SMILES string of the molecule is CCC(CO)COc1ccc(Br)cc1. The molecule has 0 saturated heterocycles. The van der Waals surface area contributed by atoms with Gasteiger partial charge < -0.3 is 9.84 Å². The number of ether oxygens (including phenoxy) is 1. The molecular weight excluding hydrogens is 244 g/mol. The summed E-state index contributed by atoms with van der Waals surface area (Å²) in [5.74, 6) is 1.08. The molecule has 0 aliphatic rings. The van der Waals surface area contributed by atoms with Gasteiger partial charge in [-0.3, -0.25) is 0 Å². The highest BCUT2D eigenvalue weighted by atomic mass is 79.9. The molecule has 1 N–H and O–H groups in total. The van der Waals surface area contributed by atoms with Crippen LogP contribution in [0.3, 0.4) is 0 Å². The summed E-state index contributed by atoms with van der Waals surface area (Å²) in [6.45, 7) is 2.81. The Kier molecular flexibility index (Phi) is 4.98. The van der Waals surface area contributed by atoms with E-state index >= 15 is 0 Å². The first-order valence-electron chi connectivity index (χ1n) is 4.75. The van der Waals surface area contributed by atoms with Crippen molar-refractivity contribution in [3.8, 4) is 5.75 Å². The minimum Gasteiger partial charge on any atom is -0.493 e. The molecule has 0 aliphatic carbocycles. The molecule has 1 aromatic carbocycles. The molecule has 2 nitrogen and oxygen atoms in total. The lowest BCUT2D eigenvalue weighted by Gasteiger charge is -2.12. The van der Waals surface area contributed by atoms with E-state index in [1.54, 1.807) is 0 Å². The predicted octanol–water partition coefficient (Wildman–Crippen LogP) is 2.85. The van der Waals surface area contributed by atoms with E-state index in [1.807, 2.05) is 31.2 Å². The quantitative estimate of drug-likeness (QED) is 0.881. The van der Waals surface area contributed by atoms with Crippen molar-refractivity contribution in [2.75, 3.05) is 13.2 Å². The average Bonchev–Trinajstić information content (AvgIpc) is 2.22. The zero-order valence-electron chi connectivity index (χ0n) is 8.24. The largest absolute Gasteiger partial charge is 0.493 e. The van der Waals surface area contributed by atoms with Crippen molar-refractivity contribution >= 4 is 15.9 Å². The minimum atomic E-state index is 0.188. The van der Waals surface area contributed by atoms with Crippen LogP contribution in [0.15, 0.2) is 28.7 Å². The first-order valence-corrected chi connectivity index (χ1v) is 5.54. The molecule has 0 aliphatic heterocycles. The van der Waals surface area contributed by atoms with Crippen molar-refractivity contribution < 1.29 is 9.84 Å². The number of aliphatic hydroxyl groups is 1. The third-order valence-corrected chi connectivity index (χ3v) is 2.66. The van der Waals surface area contributed by atoms with Crippen LogP contribution in [-0.4, -0.2) is 18.3 Å². The van der Waals surface area contributed by atoms with Gasteiger partial charge in [-0.1, -0.05) is 22.9 Å². The molecule has 0 spiro atoms. The topological polar surface area (TPSA) is 29.5 Å². The van der Waals surface area contributed by atoms with Crippen LogP contribution in [0, 0.1) is 5.92 Å². The van der Waals surface area contributed by atoms with Crippen LogP contribution in [0.2, 0.25) is 0 Å². The Morgan fingerprint density at radius 3 is 2.50 bits per heavy atom.